The van der Waals surface area contributed by atoms with Gasteiger partial charge in [0.15, 0.2) is 0 Å². The number of nitrogens with two attached hydrogens (primary N) is 1. The first-order chi connectivity index (χ1) is 7.67. The van der Waals surface area contributed by atoms with Crippen LogP contribution in [0.4, 0.5) is 4.79 Å². The quantitative estimate of drug-likeness (QED) is 0.759. The van der Waals surface area contributed by atoms with Crippen molar-refractivity contribution in [2.45, 2.75) is 39.3 Å². The van der Waals surface area contributed by atoms with E-state index in [0.717, 1.165) is 0 Å². The van der Waals surface area contributed by atoms with E-state index < -0.39 is 5.60 Å². The number of likely N-dealkylation sites (N-methyl/N-ethyl adjacent to an activating group) is 1. The van der Waals surface area contributed by atoms with Crippen LogP contribution >= 0.6 is 0 Å². The average Bonchev–Trinajstić information content (AvgIpc) is 2.12. The molecule has 102 valence electrons. The molecule has 0 aliphatic heterocycles. The molecule has 2 unspecified atom stereocenters. The van der Waals surface area contributed by atoms with E-state index in [1.807, 2.05) is 34.9 Å². The number of rotatable bonds is 5. The molecule has 0 radical (unpaired) electrons. The number of carbonyl (C=O) groups excluding carboxylic acids is 1. The maximum absolute atomic E-state index is 11.5. The van der Waals surface area contributed by atoms with Crippen molar-refractivity contribution >= 4 is 6.09 Å². The summed E-state index contributed by atoms with van der Waals surface area (Å²) in [6.45, 7) is 8.74. The molecule has 3 N–H and O–H groups in total. The van der Waals surface area contributed by atoms with Crippen molar-refractivity contribution in [2.24, 2.45) is 11.7 Å². The number of nitrogens with zero attached hydrogens (tertiary/aromatic N) is 1. The van der Waals surface area contributed by atoms with Crippen LogP contribution in [0, 0.1) is 5.92 Å². The largest absolute Gasteiger partial charge is 0.444 e. The third-order valence-electron chi connectivity index (χ3n) is 2.53. The van der Waals surface area contributed by atoms with E-state index in [9.17, 15) is 4.79 Å². The summed E-state index contributed by atoms with van der Waals surface area (Å²) in [7, 11) is 3.98. The predicted octanol–water partition coefficient (Wildman–Crippen LogP) is 1.04. The van der Waals surface area contributed by atoms with Gasteiger partial charge in [0.2, 0.25) is 0 Å². The molecule has 0 saturated heterocycles. The van der Waals surface area contributed by atoms with Gasteiger partial charge >= 0.3 is 6.09 Å². The number of ether oxygens (including phenoxy) is 1. The van der Waals surface area contributed by atoms with E-state index >= 15 is 0 Å². The van der Waals surface area contributed by atoms with Crippen molar-refractivity contribution in [1.82, 2.24) is 10.2 Å². The molecular weight excluding hydrogens is 218 g/mol. The smallest absolute Gasteiger partial charge is 0.407 e. The minimum Gasteiger partial charge on any atom is -0.444 e. The second-order valence-electron chi connectivity index (χ2n) is 5.63. The van der Waals surface area contributed by atoms with Crippen LogP contribution < -0.4 is 11.1 Å². The lowest BCUT2D eigenvalue weighted by molar-refractivity contribution is 0.0511. The van der Waals surface area contributed by atoms with Gasteiger partial charge in [0, 0.05) is 19.1 Å². The Kier molecular flexibility index (Phi) is 6.49. The molecule has 0 aromatic rings. The topological polar surface area (TPSA) is 67.6 Å². The second kappa shape index (κ2) is 6.81. The maximum atomic E-state index is 11.5. The Morgan fingerprint density at radius 3 is 2.29 bits per heavy atom. The molecule has 5 nitrogen and oxygen atoms in total. The summed E-state index contributed by atoms with van der Waals surface area (Å²) in [5.41, 5.74) is 5.24. The molecule has 0 spiro atoms. The average molecular weight is 245 g/mol. The fourth-order valence-electron chi connectivity index (χ4n) is 1.65. The first-order valence-electron chi connectivity index (χ1n) is 6.00. The van der Waals surface area contributed by atoms with Crippen LogP contribution in [0.25, 0.3) is 0 Å². The Morgan fingerprint density at radius 2 is 1.94 bits per heavy atom. The first kappa shape index (κ1) is 16.2. The number of amides is 1. The molecule has 0 aromatic carbocycles. The van der Waals surface area contributed by atoms with E-state index in [0.29, 0.717) is 13.1 Å². The molecule has 0 aliphatic carbocycles. The highest BCUT2D eigenvalue weighted by Crippen LogP contribution is 2.08. The van der Waals surface area contributed by atoms with Gasteiger partial charge in [0.05, 0.1) is 0 Å². The normalized spacial score (nSPS) is 15.5. The first-order valence-corrected chi connectivity index (χ1v) is 6.00. The van der Waals surface area contributed by atoms with E-state index in [1.54, 1.807) is 0 Å². The summed E-state index contributed by atoms with van der Waals surface area (Å²) in [5, 5.41) is 2.77. The van der Waals surface area contributed by atoms with E-state index in [1.165, 1.54) is 0 Å². The Morgan fingerprint density at radius 1 is 1.41 bits per heavy atom. The van der Waals surface area contributed by atoms with Gasteiger partial charge in [-0.15, -0.1) is 0 Å². The predicted molar refractivity (Wildman–Crippen MR) is 69.9 cm³/mol. The van der Waals surface area contributed by atoms with E-state index in [4.69, 9.17) is 10.5 Å². The van der Waals surface area contributed by atoms with Crippen molar-refractivity contribution in [3.8, 4) is 0 Å². The molecule has 0 saturated carbocycles. The molecule has 0 aliphatic rings. The van der Waals surface area contributed by atoms with Crippen molar-refractivity contribution in [3.05, 3.63) is 0 Å². The fourth-order valence-corrected chi connectivity index (χ4v) is 1.65. The number of alkyl carbamates (subject to hydrolysis) is 1. The second-order valence-corrected chi connectivity index (χ2v) is 5.63. The Bertz CT molecular complexity index is 236. The van der Waals surface area contributed by atoms with Gasteiger partial charge in [0.25, 0.3) is 0 Å². The van der Waals surface area contributed by atoms with Crippen LogP contribution in [-0.4, -0.2) is 49.8 Å². The fraction of sp³-hybridized carbons (Fsp3) is 0.917. The minimum absolute atomic E-state index is 0.255. The van der Waals surface area contributed by atoms with Gasteiger partial charge < -0.3 is 20.7 Å². The molecule has 0 heterocycles. The molecule has 0 fully saturated rings. The van der Waals surface area contributed by atoms with Gasteiger partial charge in [-0.05, 0) is 40.8 Å². The third kappa shape index (κ3) is 7.18. The van der Waals surface area contributed by atoms with E-state index in [2.05, 4.69) is 17.1 Å². The lowest BCUT2D eigenvalue weighted by Crippen LogP contribution is -2.45. The van der Waals surface area contributed by atoms with Gasteiger partial charge in [-0.1, -0.05) is 6.92 Å². The molecular formula is C12H27N3O2. The molecule has 17 heavy (non-hydrogen) atoms. The van der Waals surface area contributed by atoms with Crippen LogP contribution in [0.2, 0.25) is 0 Å². The molecule has 2 atom stereocenters. The number of hydrogen-bond acceptors (Lipinski definition) is 4. The van der Waals surface area contributed by atoms with Crippen LogP contribution in [0.3, 0.4) is 0 Å². The Hall–Kier alpha value is -0.810. The van der Waals surface area contributed by atoms with Gasteiger partial charge in [-0.2, -0.15) is 0 Å². The summed E-state index contributed by atoms with van der Waals surface area (Å²) in [6.07, 6.45) is -0.376. The zero-order valence-electron chi connectivity index (χ0n) is 11.9. The van der Waals surface area contributed by atoms with Crippen molar-refractivity contribution in [1.29, 1.82) is 0 Å². The third-order valence-corrected chi connectivity index (χ3v) is 2.53. The highest BCUT2D eigenvalue weighted by molar-refractivity contribution is 5.67. The molecule has 0 aromatic heterocycles. The van der Waals surface area contributed by atoms with Crippen LogP contribution in [0.5, 0.6) is 0 Å². The maximum Gasteiger partial charge on any atom is 0.407 e. The molecule has 5 heteroatoms. The standard InChI is InChI=1S/C12H27N3O2/c1-9(10(7-13)15(5)6)8-14-11(16)17-12(2,3)4/h9-10H,7-8,13H2,1-6H3,(H,14,16). The van der Waals surface area contributed by atoms with Crippen molar-refractivity contribution in [3.63, 3.8) is 0 Å². The number of hydrogen-bond donors (Lipinski definition) is 2. The van der Waals surface area contributed by atoms with Crippen molar-refractivity contribution in [2.75, 3.05) is 27.2 Å². The summed E-state index contributed by atoms with van der Waals surface area (Å²) < 4.78 is 5.17. The number of carbonyl (C=O) groups is 1. The molecule has 0 bridgehead atoms. The summed E-state index contributed by atoms with van der Waals surface area (Å²) >= 11 is 0. The zero-order valence-corrected chi connectivity index (χ0v) is 11.9. The zero-order chi connectivity index (χ0) is 13.6. The lowest BCUT2D eigenvalue weighted by atomic mass is 10.0. The van der Waals surface area contributed by atoms with Crippen molar-refractivity contribution < 1.29 is 9.53 Å². The van der Waals surface area contributed by atoms with Gasteiger partial charge in [0.1, 0.15) is 5.60 Å². The Labute approximate surface area is 105 Å². The number of nitrogens with one attached hydrogen (secondary N) is 1. The molecule has 0 rings (SSSR count). The highest BCUT2D eigenvalue weighted by Gasteiger charge is 2.20. The van der Waals surface area contributed by atoms with E-state index in [-0.39, 0.29) is 18.1 Å². The molecule has 1 amide bonds. The van der Waals surface area contributed by atoms with Crippen LogP contribution in [-0.2, 0) is 4.74 Å². The lowest BCUT2D eigenvalue weighted by Gasteiger charge is -2.29. The Balaban J connectivity index is 4.06. The SMILES string of the molecule is CC(CNC(=O)OC(C)(C)C)C(CN)N(C)C. The monoisotopic (exact) mass is 245 g/mol. The van der Waals surface area contributed by atoms with Gasteiger partial charge in [-0.3, -0.25) is 0 Å². The summed E-state index contributed by atoms with van der Waals surface area (Å²) in [5.74, 6) is 0.280. The summed E-state index contributed by atoms with van der Waals surface area (Å²) in [6, 6.07) is 0.255. The minimum atomic E-state index is -0.456. The van der Waals surface area contributed by atoms with Crippen LogP contribution in [0.1, 0.15) is 27.7 Å². The van der Waals surface area contributed by atoms with Gasteiger partial charge in [-0.25, -0.2) is 4.79 Å². The highest BCUT2D eigenvalue weighted by atomic mass is 16.6. The van der Waals surface area contributed by atoms with Crippen LogP contribution in [0.15, 0.2) is 0 Å². The summed E-state index contributed by atoms with van der Waals surface area (Å²) in [4.78, 5) is 13.5.